The largest absolute Gasteiger partial charge is 0.396 e. The number of hydrogen-bond acceptors (Lipinski definition) is 3. The van der Waals surface area contributed by atoms with E-state index in [2.05, 4.69) is 27.7 Å². The van der Waals surface area contributed by atoms with Crippen molar-refractivity contribution in [1.29, 1.82) is 0 Å². The van der Waals surface area contributed by atoms with Crippen LogP contribution in [0.5, 0.6) is 0 Å². The molecule has 1 fully saturated rings. The first-order valence-electron chi connectivity index (χ1n) is 8.57. The molecule has 0 saturated heterocycles. The topological polar surface area (TPSA) is 60.7 Å². The summed E-state index contributed by atoms with van der Waals surface area (Å²) < 4.78 is 0. The van der Waals surface area contributed by atoms with E-state index in [0.717, 1.165) is 38.5 Å². The maximum Gasteiger partial charge on any atom is 0.0515 e. The Balaban J connectivity index is 3.02. The van der Waals surface area contributed by atoms with Gasteiger partial charge in [0.2, 0.25) is 0 Å². The summed E-state index contributed by atoms with van der Waals surface area (Å²) in [5, 5.41) is 30.4. The highest BCUT2D eigenvalue weighted by Gasteiger charge is 2.50. The van der Waals surface area contributed by atoms with E-state index in [1.165, 1.54) is 6.42 Å². The van der Waals surface area contributed by atoms with Gasteiger partial charge in [-0.1, -0.05) is 47.0 Å². The minimum absolute atomic E-state index is 0.0332. The molecule has 1 aliphatic carbocycles. The second-order valence-electron chi connectivity index (χ2n) is 8.63. The standard InChI is InChI=1S/C18H36O3/c1-15-6-5-8-17(12-19,9-7-15)18(13-20,14-21)11-10-16(2,3)4/h15,19-21H,5-14H2,1-4H3. The molecule has 21 heavy (non-hydrogen) atoms. The Hall–Kier alpha value is -0.120. The van der Waals surface area contributed by atoms with E-state index in [4.69, 9.17) is 0 Å². The lowest BCUT2D eigenvalue weighted by Crippen LogP contribution is -2.50. The maximum atomic E-state index is 10.2. The fraction of sp³-hybridized carbons (Fsp3) is 1.00. The molecule has 2 atom stereocenters. The van der Waals surface area contributed by atoms with Gasteiger partial charge in [-0.2, -0.15) is 0 Å². The molecule has 0 spiro atoms. The minimum atomic E-state index is -0.556. The molecule has 0 aromatic carbocycles. The monoisotopic (exact) mass is 300 g/mol. The van der Waals surface area contributed by atoms with Crippen LogP contribution < -0.4 is 0 Å². The minimum Gasteiger partial charge on any atom is -0.396 e. The second kappa shape index (κ2) is 7.43. The Morgan fingerprint density at radius 1 is 0.952 bits per heavy atom. The Bertz CT molecular complexity index is 304. The van der Waals surface area contributed by atoms with Gasteiger partial charge >= 0.3 is 0 Å². The van der Waals surface area contributed by atoms with Crippen LogP contribution in [-0.2, 0) is 0 Å². The lowest BCUT2D eigenvalue weighted by atomic mass is 9.57. The zero-order chi connectivity index (χ0) is 16.1. The fourth-order valence-corrected chi connectivity index (χ4v) is 3.86. The van der Waals surface area contributed by atoms with Crippen molar-refractivity contribution in [2.45, 2.75) is 72.6 Å². The number of aliphatic hydroxyl groups is 3. The zero-order valence-corrected chi connectivity index (χ0v) is 14.5. The summed E-state index contributed by atoms with van der Waals surface area (Å²) in [6, 6.07) is 0. The Kier molecular flexibility index (Phi) is 6.70. The van der Waals surface area contributed by atoms with Crippen molar-refractivity contribution >= 4 is 0 Å². The van der Waals surface area contributed by atoms with Gasteiger partial charge in [-0.05, 0) is 37.0 Å². The molecule has 0 aromatic rings. The second-order valence-corrected chi connectivity index (χ2v) is 8.63. The van der Waals surface area contributed by atoms with Gasteiger partial charge in [-0.15, -0.1) is 0 Å². The maximum absolute atomic E-state index is 10.2. The van der Waals surface area contributed by atoms with E-state index < -0.39 is 5.41 Å². The molecule has 0 amide bonds. The average Bonchev–Trinajstić information content (AvgIpc) is 2.62. The SMILES string of the molecule is CC1CCCC(CO)(C(CO)(CO)CCC(C)(C)C)CC1. The first-order valence-corrected chi connectivity index (χ1v) is 8.57. The summed E-state index contributed by atoms with van der Waals surface area (Å²) in [6.07, 6.45) is 6.91. The summed E-state index contributed by atoms with van der Waals surface area (Å²) in [7, 11) is 0. The van der Waals surface area contributed by atoms with Gasteiger partial charge in [0.15, 0.2) is 0 Å². The zero-order valence-electron chi connectivity index (χ0n) is 14.5. The van der Waals surface area contributed by atoms with Gasteiger partial charge < -0.3 is 15.3 Å². The van der Waals surface area contributed by atoms with Crippen LogP contribution >= 0.6 is 0 Å². The summed E-state index contributed by atoms with van der Waals surface area (Å²) >= 11 is 0. The van der Waals surface area contributed by atoms with E-state index in [0.29, 0.717) is 5.92 Å². The highest BCUT2D eigenvalue weighted by atomic mass is 16.3. The normalized spacial score (nSPS) is 28.4. The van der Waals surface area contributed by atoms with Crippen molar-refractivity contribution in [3.63, 3.8) is 0 Å². The predicted octanol–water partition coefficient (Wildman–Crippen LogP) is 3.36. The van der Waals surface area contributed by atoms with Gasteiger partial charge in [0.05, 0.1) is 13.2 Å². The molecule has 1 aliphatic rings. The fourth-order valence-electron chi connectivity index (χ4n) is 3.86. The third-order valence-electron chi connectivity index (χ3n) is 5.85. The quantitative estimate of drug-likeness (QED) is 0.659. The van der Waals surface area contributed by atoms with E-state index >= 15 is 0 Å². The van der Waals surface area contributed by atoms with Crippen molar-refractivity contribution in [1.82, 2.24) is 0 Å². The first kappa shape index (κ1) is 18.9. The number of aliphatic hydroxyl groups excluding tert-OH is 3. The molecular weight excluding hydrogens is 264 g/mol. The van der Waals surface area contributed by atoms with Crippen LogP contribution in [0.1, 0.15) is 72.6 Å². The van der Waals surface area contributed by atoms with Crippen LogP contribution in [0.3, 0.4) is 0 Å². The van der Waals surface area contributed by atoms with Crippen molar-refractivity contribution in [2.24, 2.45) is 22.2 Å². The van der Waals surface area contributed by atoms with Crippen LogP contribution in [0.4, 0.5) is 0 Å². The van der Waals surface area contributed by atoms with Gasteiger partial charge in [-0.25, -0.2) is 0 Å². The summed E-state index contributed by atoms with van der Waals surface area (Å²) in [5.74, 6) is 0.677. The van der Waals surface area contributed by atoms with Gasteiger partial charge in [-0.3, -0.25) is 0 Å². The lowest BCUT2D eigenvalue weighted by Gasteiger charge is -2.49. The molecule has 126 valence electrons. The van der Waals surface area contributed by atoms with Crippen LogP contribution in [0.25, 0.3) is 0 Å². The molecule has 0 aromatic heterocycles. The third kappa shape index (κ3) is 4.43. The van der Waals surface area contributed by atoms with Crippen molar-refractivity contribution in [2.75, 3.05) is 19.8 Å². The highest BCUT2D eigenvalue weighted by Crippen LogP contribution is 2.52. The smallest absolute Gasteiger partial charge is 0.0515 e. The van der Waals surface area contributed by atoms with Gasteiger partial charge in [0.25, 0.3) is 0 Å². The Morgan fingerprint density at radius 2 is 1.57 bits per heavy atom. The summed E-state index contributed by atoms with van der Waals surface area (Å²) in [5.41, 5.74) is -0.712. The van der Waals surface area contributed by atoms with E-state index in [9.17, 15) is 15.3 Å². The summed E-state index contributed by atoms with van der Waals surface area (Å²) in [4.78, 5) is 0. The lowest BCUT2D eigenvalue weighted by molar-refractivity contribution is -0.106. The van der Waals surface area contributed by atoms with Gasteiger partial charge in [0, 0.05) is 17.4 Å². The predicted molar refractivity (Wildman–Crippen MR) is 87.1 cm³/mol. The van der Waals surface area contributed by atoms with Crippen LogP contribution in [0, 0.1) is 22.2 Å². The van der Waals surface area contributed by atoms with Crippen molar-refractivity contribution in [3.05, 3.63) is 0 Å². The highest BCUT2D eigenvalue weighted by molar-refractivity contribution is 4.99. The molecule has 3 N–H and O–H groups in total. The molecule has 0 radical (unpaired) electrons. The van der Waals surface area contributed by atoms with Crippen LogP contribution in [0.15, 0.2) is 0 Å². The molecule has 3 heteroatoms. The molecule has 0 bridgehead atoms. The van der Waals surface area contributed by atoms with E-state index in [-0.39, 0.29) is 30.7 Å². The third-order valence-corrected chi connectivity index (χ3v) is 5.85. The molecule has 3 nitrogen and oxygen atoms in total. The molecular formula is C18H36O3. The first-order chi connectivity index (χ1) is 9.74. The van der Waals surface area contributed by atoms with Gasteiger partial charge in [0.1, 0.15) is 0 Å². The van der Waals surface area contributed by atoms with Crippen molar-refractivity contribution in [3.8, 4) is 0 Å². The number of hydrogen-bond donors (Lipinski definition) is 3. The van der Waals surface area contributed by atoms with E-state index in [1.807, 2.05) is 0 Å². The molecule has 0 heterocycles. The van der Waals surface area contributed by atoms with E-state index in [1.54, 1.807) is 0 Å². The Labute approximate surface area is 130 Å². The van der Waals surface area contributed by atoms with Crippen molar-refractivity contribution < 1.29 is 15.3 Å². The van der Waals surface area contributed by atoms with Crippen LogP contribution in [0.2, 0.25) is 0 Å². The molecule has 0 aliphatic heterocycles. The molecule has 2 unspecified atom stereocenters. The summed E-state index contributed by atoms with van der Waals surface area (Å²) in [6.45, 7) is 8.84. The number of rotatable bonds is 6. The molecule has 1 rings (SSSR count). The average molecular weight is 300 g/mol. The molecule has 1 saturated carbocycles. The van der Waals surface area contributed by atoms with Crippen LogP contribution in [-0.4, -0.2) is 35.1 Å². The Morgan fingerprint density at radius 3 is 2.05 bits per heavy atom.